The van der Waals surface area contributed by atoms with Crippen molar-refractivity contribution in [3.63, 3.8) is 0 Å². The fourth-order valence-corrected chi connectivity index (χ4v) is 2.13. The van der Waals surface area contributed by atoms with Crippen molar-refractivity contribution < 1.29 is 9.53 Å². The molecule has 1 heterocycles. The Morgan fingerprint density at radius 1 is 1.27 bits per heavy atom. The van der Waals surface area contributed by atoms with Crippen LogP contribution in [0.1, 0.15) is 29.8 Å². The third kappa shape index (κ3) is 3.42. The largest absolute Gasteiger partial charge is 0.465 e. The van der Waals surface area contributed by atoms with Crippen LogP contribution >= 0.6 is 0 Å². The van der Waals surface area contributed by atoms with Gasteiger partial charge in [-0.15, -0.1) is 0 Å². The molecule has 0 aliphatic heterocycles. The van der Waals surface area contributed by atoms with Crippen molar-refractivity contribution in [2.24, 2.45) is 5.92 Å². The highest BCUT2D eigenvalue weighted by atomic mass is 16.5. The maximum Gasteiger partial charge on any atom is 0.343 e. The Labute approximate surface area is 129 Å². The summed E-state index contributed by atoms with van der Waals surface area (Å²) in [7, 11) is 1.26. The second-order valence-electron chi connectivity index (χ2n) is 5.68. The highest BCUT2D eigenvalue weighted by Gasteiger charge is 2.17. The molecule has 0 spiro atoms. The molecular weight excluding hydrogens is 280 g/mol. The molecule has 0 atom stereocenters. The second-order valence-corrected chi connectivity index (χ2v) is 5.68. The van der Waals surface area contributed by atoms with Crippen molar-refractivity contribution in [2.75, 3.05) is 7.11 Å². The van der Waals surface area contributed by atoms with Crippen molar-refractivity contribution in [1.29, 1.82) is 0 Å². The lowest BCUT2D eigenvalue weighted by Crippen LogP contribution is -2.30. The molecule has 5 heteroatoms. The summed E-state index contributed by atoms with van der Waals surface area (Å²) in [6.45, 7) is 6.42. The smallest absolute Gasteiger partial charge is 0.343 e. The Bertz CT molecular complexity index is 731. The van der Waals surface area contributed by atoms with Gasteiger partial charge in [0.2, 0.25) is 0 Å². The van der Waals surface area contributed by atoms with Crippen LogP contribution in [0.5, 0.6) is 0 Å². The fourth-order valence-electron chi connectivity index (χ4n) is 2.13. The lowest BCUT2D eigenvalue weighted by Gasteiger charge is -2.12. The summed E-state index contributed by atoms with van der Waals surface area (Å²) in [6, 6.07) is 9.26. The van der Waals surface area contributed by atoms with E-state index in [4.69, 9.17) is 4.74 Å². The second kappa shape index (κ2) is 6.56. The van der Waals surface area contributed by atoms with Crippen LogP contribution in [0.2, 0.25) is 0 Å². The van der Waals surface area contributed by atoms with E-state index in [0.717, 1.165) is 11.1 Å². The summed E-state index contributed by atoms with van der Waals surface area (Å²) in [6.07, 6.45) is 0. The molecule has 0 aliphatic carbocycles. The van der Waals surface area contributed by atoms with Crippen molar-refractivity contribution in [2.45, 2.75) is 27.3 Å². The van der Waals surface area contributed by atoms with Crippen LogP contribution < -0.4 is 5.56 Å². The van der Waals surface area contributed by atoms with Crippen LogP contribution in [0.3, 0.4) is 0 Å². The van der Waals surface area contributed by atoms with Gasteiger partial charge in [-0.2, -0.15) is 5.10 Å². The highest BCUT2D eigenvalue weighted by molar-refractivity contribution is 5.90. The fraction of sp³-hybridized carbons (Fsp3) is 0.353. The zero-order chi connectivity index (χ0) is 16.3. The minimum absolute atomic E-state index is 0.00808. The average Bonchev–Trinajstić information content (AvgIpc) is 2.49. The molecule has 0 unspecified atom stereocenters. The molecule has 2 rings (SSSR count). The van der Waals surface area contributed by atoms with Crippen LogP contribution in [-0.2, 0) is 11.3 Å². The van der Waals surface area contributed by atoms with E-state index >= 15 is 0 Å². The third-order valence-corrected chi connectivity index (χ3v) is 3.27. The lowest BCUT2D eigenvalue weighted by atomic mass is 10.1. The minimum atomic E-state index is -0.640. The minimum Gasteiger partial charge on any atom is -0.465 e. The van der Waals surface area contributed by atoms with Gasteiger partial charge in [0.25, 0.3) is 5.56 Å². The monoisotopic (exact) mass is 300 g/mol. The SMILES string of the molecule is COC(=O)c1cc(-c2ccc(C)cc2)nn(CC(C)C)c1=O. The quantitative estimate of drug-likeness (QED) is 0.814. The first-order chi connectivity index (χ1) is 10.4. The van der Waals surface area contributed by atoms with Gasteiger partial charge in [-0.1, -0.05) is 43.7 Å². The molecule has 0 radical (unpaired) electrons. The number of rotatable bonds is 4. The van der Waals surface area contributed by atoms with Crippen molar-refractivity contribution in [3.05, 3.63) is 51.8 Å². The summed E-state index contributed by atoms with van der Waals surface area (Å²) < 4.78 is 6.05. The molecule has 116 valence electrons. The van der Waals surface area contributed by atoms with E-state index in [9.17, 15) is 9.59 Å². The van der Waals surface area contributed by atoms with Gasteiger partial charge in [-0.3, -0.25) is 4.79 Å². The van der Waals surface area contributed by atoms with Crippen molar-refractivity contribution in [3.8, 4) is 11.3 Å². The summed E-state index contributed by atoms with van der Waals surface area (Å²) in [4.78, 5) is 24.2. The van der Waals surface area contributed by atoms with E-state index in [1.807, 2.05) is 45.0 Å². The molecule has 0 saturated carbocycles. The number of aromatic nitrogens is 2. The number of esters is 1. The molecule has 0 bridgehead atoms. The number of ether oxygens (including phenoxy) is 1. The van der Waals surface area contributed by atoms with Gasteiger partial charge in [0, 0.05) is 12.1 Å². The van der Waals surface area contributed by atoms with Gasteiger partial charge in [0.1, 0.15) is 5.56 Å². The zero-order valence-corrected chi connectivity index (χ0v) is 13.3. The van der Waals surface area contributed by atoms with E-state index in [1.165, 1.54) is 17.9 Å². The molecule has 0 amide bonds. The first kappa shape index (κ1) is 15.9. The van der Waals surface area contributed by atoms with Gasteiger partial charge >= 0.3 is 5.97 Å². The summed E-state index contributed by atoms with van der Waals surface area (Å²) >= 11 is 0. The Morgan fingerprint density at radius 2 is 1.91 bits per heavy atom. The molecule has 0 N–H and O–H groups in total. The van der Waals surface area contributed by atoms with Gasteiger partial charge in [-0.25, -0.2) is 9.48 Å². The van der Waals surface area contributed by atoms with Crippen LogP contribution in [0.25, 0.3) is 11.3 Å². The van der Waals surface area contributed by atoms with E-state index in [1.54, 1.807) is 0 Å². The summed E-state index contributed by atoms with van der Waals surface area (Å²) in [5.74, 6) is -0.401. The van der Waals surface area contributed by atoms with Gasteiger partial charge in [0.15, 0.2) is 0 Å². The summed E-state index contributed by atoms with van der Waals surface area (Å²) in [5.41, 5.74) is 2.16. The van der Waals surface area contributed by atoms with E-state index in [2.05, 4.69) is 5.10 Å². The average molecular weight is 300 g/mol. The molecule has 5 nitrogen and oxygen atoms in total. The molecule has 2 aromatic rings. The molecule has 0 saturated heterocycles. The number of nitrogens with zero attached hydrogens (tertiary/aromatic N) is 2. The number of hydrogen-bond acceptors (Lipinski definition) is 4. The van der Waals surface area contributed by atoms with Crippen LogP contribution in [0.15, 0.2) is 35.1 Å². The first-order valence-corrected chi connectivity index (χ1v) is 7.20. The summed E-state index contributed by atoms with van der Waals surface area (Å²) in [5, 5.41) is 4.39. The predicted octanol–water partition coefficient (Wildman–Crippen LogP) is 2.66. The number of benzene rings is 1. The lowest BCUT2D eigenvalue weighted by molar-refractivity contribution is 0.0597. The Morgan fingerprint density at radius 3 is 2.45 bits per heavy atom. The molecule has 0 aliphatic rings. The highest BCUT2D eigenvalue weighted by Crippen LogP contribution is 2.17. The van der Waals surface area contributed by atoms with Gasteiger partial charge < -0.3 is 4.74 Å². The Hall–Kier alpha value is -2.43. The van der Waals surface area contributed by atoms with Crippen LogP contribution in [0.4, 0.5) is 0 Å². The standard InChI is InChI=1S/C17H20N2O3/c1-11(2)10-19-16(20)14(17(21)22-4)9-15(18-19)13-7-5-12(3)6-8-13/h5-9,11H,10H2,1-4H3. The molecule has 1 aromatic carbocycles. The van der Waals surface area contributed by atoms with Gasteiger partial charge in [-0.05, 0) is 18.9 Å². The van der Waals surface area contributed by atoms with E-state index in [0.29, 0.717) is 12.2 Å². The van der Waals surface area contributed by atoms with E-state index < -0.39 is 11.5 Å². The molecule has 1 aromatic heterocycles. The Kier molecular flexibility index (Phi) is 4.75. The topological polar surface area (TPSA) is 61.2 Å². The normalized spacial score (nSPS) is 10.8. The van der Waals surface area contributed by atoms with Gasteiger partial charge in [0.05, 0.1) is 12.8 Å². The van der Waals surface area contributed by atoms with Crippen molar-refractivity contribution >= 4 is 5.97 Å². The number of hydrogen-bond donors (Lipinski definition) is 0. The van der Waals surface area contributed by atoms with Crippen molar-refractivity contribution in [1.82, 2.24) is 9.78 Å². The molecule has 0 fully saturated rings. The predicted molar refractivity (Wildman–Crippen MR) is 84.8 cm³/mol. The maximum absolute atomic E-state index is 12.3. The number of carbonyl (C=O) groups is 1. The number of aryl methyl sites for hydroxylation is 1. The van der Waals surface area contributed by atoms with Crippen LogP contribution in [-0.4, -0.2) is 22.9 Å². The zero-order valence-electron chi connectivity index (χ0n) is 13.3. The first-order valence-electron chi connectivity index (χ1n) is 7.20. The van der Waals surface area contributed by atoms with E-state index in [-0.39, 0.29) is 11.5 Å². The van der Waals surface area contributed by atoms with Crippen LogP contribution in [0, 0.1) is 12.8 Å². The maximum atomic E-state index is 12.3. The number of methoxy groups -OCH3 is 1. The third-order valence-electron chi connectivity index (χ3n) is 3.27. The number of carbonyl (C=O) groups excluding carboxylic acids is 1. The molecule has 22 heavy (non-hydrogen) atoms. The molecular formula is C17H20N2O3. The Balaban J connectivity index is 2.61.